The summed E-state index contributed by atoms with van der Waals surface area (Å²) in [5.41, 5.74) is 1.82. The average Bonchev–Trinajstić information content (AvgIpc) is 3.12. The number of pyridine rings is 1. The van der Waals surface area contributed by atoms with Crippen molar-refractivity contribution in [1.29, 1.82) is 0 Å². The number of halogens is 3. The number of aromatic amines is 1. The lowest BCUT2D eigenvalue weighted by Gasteiger charge is -2.09. The summed E-state index contributed by atoms with van der Waals surface area (Å²) in [6.07, 6.45) is 1.14. The summed E-state index contributed by atoms with van der Waals surface area (Å²) in [6.45, 7) is 6.91. The molecule has 0 aliphatic rings. The van der Waals surface area contributed by atoms with Crippen molar-refractivity contribution in [3.05, 3.63) is 36.8 Å². The van der Waals surface area contributed by atoms with Crippen molar-refractivity contribution in [3.8, 4) is 11.4 Å². The van der Waals surface area contributed by atoms with E-state index in [-0.39, 0.29) is 6.41 Å². The monoisotopic (exact) mass is 410 g/mol. The van der Waals surface area contributed by atoms with Crippen LogP contribution in [0.4, 0.5) is 19.0 Å². The number of hydrogen-bond acceptors (Lipinski definition) is 5. The van der Waals surface area contributed by atoms with Gasteiger partial charge in [0, 0.05) is 35.6 Å². The topological polar surface area (TPSA) is 95.6 Å². The minimum atomic E-state index is -4.29. The zero-order chi connectivity index (χ0) is 21.9. The first-order valence-corrected chi connectivity index (χ1v) is 9.06. The maximum Gasteiger partial charge on any atom is 0.405 e. The van der Waals surface area contributed by atoms with Gasteiger partial charge in [0.15, 0.2) is 5.82 Å². The van der Waals surface area contributed by atoms with Gasteiger partial charge in [-0.05, 0) is 32.0 Å². The first kappa shape index (κ1) is 23.9. The lowest BCUT2D eigenvalue weighted by atomic mass is 10.2. The summed E-state index contributed by atoms with van der Waals surface area (Å²) in [4.78, 5) is 25.5. The van der Waals surface area contributed by atoms with Crippen LogP contribution in [0.1, 0.15) is 27.7 Å². The van der Waals surface area contributed by atoms with Crippen molar-refractivity contribution < 1.29 is 18.0 Å². The van der Waals surface area contributed by atoms with Gasteiger partial charge >= 0.3 is 6.18 Å². The van der Waals surface area contributed by atoms with Gasteiger partial charge in [0.1, 0.15) is 18.0 Å². The Balaban J connectivity index is 0.000000358. The third-order valence-corrected chi connectivity index (χ3v) is 3.17. The molecular weight excluding hydrogens is 385 g/mol. The van der Waals surface area contributed by atoms with E-state index in [1.54, 1.807) is 12.4 Å². The van der Waals surface area contributed by atoms with Gasteiger partial charge < -0.3 is 15.6 Å². The van der Waals surface area contributed by atoms with Crippen LogP contribution in [0.25, 0.3) is 22.4 Å². The number of nitrogens with zero attached hydrogens (tertiary/aromatic N) is 3. The van der Waals surface area contributed by atoms with Crippen molar-refractivity contribution in [1.82, 2.24) is 25.3 Å². The molecule has 7 nitrogen and oxygen atoms in total. The minimum Gasteiger partial charge on any atom is -0.368 e. The Morgan fingerprint density at radius 2 is 1.90 bits per heavy atom. The highest BCUT2D eigenvalue weighted by Gasteiger charge is 2.25. The fourth-order valence-electron chi connectivity index (χ4n) is 2.16. The van der Waals surface area contributed by atoms with E-state index >= 15 is 0 Å². The van der Waals surface area contributed by atoms with Crippen LogP contribution in [0.2, 0.25) is 0 Å². The Kier molecular flexibility index (Phi) is 9.57. The van der Waals surface area contributed by atoms with Gasteiger partial charge in [0.05, 0.1) is 0 Å². The van der Waals surface area contributed by atoms with Crippen LogP contribution in [0.15, 0.2) is 36.8 Å². The molecule has 1 amide bonds. The molecule has 0 radical (unpaired) electrons. The fraction of sp³-hybridized carbons (Fsp3) is 0.368. The molecule has 0 saturated carbocycles. The molecule has 0 spiro atoms. The number of nitrogens with one attached hydrogen (secondary N) is 3. The number of rotatable bonds is 5. The number of carbonyl (C=O) groups is 1. The van der Waals surface area contributed by atoms with Crippen molar-refractivity contribution >= 4 is 23.3 Å². The van der Waals surface area contributed by atoms with Crippen LogP contribution < -0.4 is 10.6 Å². The summed E-state index contributed by atoms with van der Waals surface area (Å²) >= 11 is 0. The van der Waals surface area contributed by atoms with Crippen LogP contribution in [0, 0.1) is 0 Å². The molecule has 3 N–H and O–H groups in total. The van der Waals surface area contributed by atoms with E-state index in [2.05, 4.69) is 39.1 Å². The second-order valence-corrected chi connectivity index (χ2v) is 5.78. The van der Waals surface area contributed by atoms with Crippen molar-refractivity contribution in [2.75, 3.05) is 11.9 Å². The highest BCUT2D eigenvalue weighted by atomic mass is 19.4. The molecule has 29 heavy (non-hydrogen) atoms. The SMILES string of the molecule is CC.CC(C)Nc1ccnc(-c2c[nH]c3ncccc23)n1.O=CNCC(F)(F)F. The zero-order valence-corrected chi connectivity index (χ0v) is 16.7. The largest absolute Gasteiger partial charge is 0.405 e. The zero-order valence-electron chi connectivity index (χ0n) is 16.7. The molecule has 0 unspecified atom stereocenters. The number of amides is 1. The molecule has 0 aliphatic heterocycles. The van der Waals surface area contributed by atoms with Gasteiger partial charge in [-0.1, -0.05) is 13.8 Å². The number of aromatic nitrogens is 4. The molecule has 3 rings (SSSR count). The molecule has 0 aliphatic carbocycles. The van der Waals surface area contributed by atoms with Crippen molar-refractivity contribution in [2.45, 2.75) is 39.9 Å². The van der Waals surface area contributed by atoms with E-state index in [1.165, 1.54) is 5.32 Å². The highest BCUT2D eigenvalue weighted by molar-refractivity contribution is 5.91. The van der Waals surface area contributed by atoms with Crippen LogP contribution in [0.3, 0.4) is 0 Å². The van der Waals surface area contributed by atoms with Gasteiger partial charge in [0.2, 0.25) is 6.41 Å². The van der Waals surface area contributed by atoms with E-state index in [4.69, 9.17) is 0 Å². The lowest BCUT2D eigenvalue weighted by molar-refractivity contribution is -0.132. The van der Waals surface area contributed by atoms with Gasteiger partial charge in [-0.3, -0.25) is 4.79 Å². The lowest BCUT2D eigenvalue weighted by Crippen LogP contribution is -2.27. The predicted octanol–water partition coefficient (Wildman–Crippen LogP) is 4.16. The van der Waals surface area contributed by atoms with E-state index in [1.807, 2.05) is 38.2 Å². The van der Waals surface area contributed by atoms with Crippen LogP contribution >= 0.6 is 0 Å². The highest BCUT2D eigenvalue weighted by Crippen LogP contribution is 2.25. The molecule has 158 valence electrons. The summed E-state index contributed by atoms with van der Waals surface area (Å²) < 4.78 is 33.1. The van der Waals surface area contributed by atoms with Crippen LogP contribution in [0.5, 0.6) is 0 Å². The van der Waals surface area contributed by atoms with E-state index in [0.29, 0.717) is 11.9 Å². The molecule has 0 atom stereocenters. The Labute approximate surface area is 167 Å². The average molecular weight is 410 g/mol. The molecule has 0 bridgehead atoms. The molecule has 3 heterocycles. The molecule has 3 aromatic heterocycles. The quantitative estimate of drug-likeness (QED) is 0.549. The maximum absolute atomic E-state index is 11.0. The van der Waals surface area contributed by atoms with E-state index in [0.717, 1.165) is 22.4 Å². The Morgan fingerprint density at radius 1 is 1.17 bits per heavy atom. The van der Waals surface area contributed by atoms with E-state index in [9.17, 15) is 18.0 Å². The smallest absolute Gasteiger partial charge is 0.368 e. The molecule has 0 saturated heterocycles. The Hall–Kier alpha value is -3.17. The van der Waals surface area contributed by atoms with Gasteiger partial charge in [-0.25, -0.2) is 15.0 Å². The van der Waals surface area contributed by atoms with Gasteiger partial charge in [-0.15, -0.1) is 0 Å². The fourth-order valence-corrected chi connectivity index (χ4v) is 2.16. The number of hydrogen-bond donors (Lipinski definition) is 3. The Bertz CT molecular complexity index is 880. The third kappa shape index (κ3) is 8.16. The van der Waals surface area contributed by atoms with Gasteiger partial charge in [0.25, 0.3) is 0 Å². The molecule has 10 heteroatoms. The third-order valence-electron chi connectivity index (χ3n) is 3.17. The van der Waals surface area contributed by atoms with Crippen molar-refractivity contribution in [2.24, 2.45) is 0 Å². The van der Waals surface area contributed by atoms with Crippen LogP contribution in [-0.2, 0) is 4.79 Å². The molecule has 0 aromatic carbocycles. The number of H-pyrrole nitrogens is 1. The number of carbonyl (C=O) groups excluding carboxylic acids is 1. The molecule has 3 aromatic rings. The number of anilines is 1. The second-order valence-electron chi connectivity index (χ2n) is 5.78. The van der Waals surface area contributed by atoms with Crippen LogP contribution in [-0.4, -0.2) is 45.1 Å². The number of alkyl halides is 3. The summed E-state index contributed by atoms with van der Waals surface area (Å²) in [6, 6.07) is 6.14. The summed E-state index contributed by atoms with van der Waals surface area (Å²) in [5, 5.41) is 5.79. The second kappa shape index (κ2) is 11.6. The maximum atomic E-state index is 11.0. The Morgan fingerprint density at radius 3 is 2.48 bits per heavy atom. The van der Waals surface area contributed by atoms with Crippen molar-refractivity contribution in [3.63, 3.8) is 0 Å². The molecular formula is C19H25F3N6O. The molecule has 0 fully saturated rings. The predicted molar refractivity (Wildman–Crippen MR) is 107 cm³/mol. The first-order valence-electron chi connectivity index (χ1n) is 9.06. The van der Waals surface area contributed by atoms with E-state index < -0.39 is 12.7 Å². The first-order chi connectivity index (χ1) is 13.8. The minimum absolute atomic E-state index is 0.00743. The normalized spacial score (nSPS) is 10.5. The van der Waals surface area contributed by atoms with Gasteiger partial charge in [-0.2, -0.15) is 13.2 Å². The summed E-state index contributed by atoms with van der Waals surface area (Å²) in [7, 11) is 0. The summed E-state index contributed by atoms with van der Waals surface area (Å²) in [5.74, 6) is 1.53. The number of fused-ring (bicyclic) bond motifs is 1. The standard InChI is InChI=1S/C14H15N5.C3H4F3NO.C2H6/c1-9(2)18-12-5-7-16-14(19-12)11-8-17-13-10(11)4-3-6-15-13;4-3(5,6)1-7-2-8;1-2/h3-9H,1-2H3,(H,15,17)(H,16,18,19);2H,1H2,(H,7,8);1-2H3.